The first-order chi connectivity index (χ1) is 9.08. The topological polar surface area (TPSA) is 41.0 Å². The van der Waals surface area contributed by atoms with Crippen molar-refractivity contribution in [3.8, 4) is 0 Å². The SMILES string of the molecule is CC(C)N1CCCC1n1c(=O)[nH]c2ccc(F)cc21. The molecule has 0 amide bonds. The Morgan fingerprint density at radius 1 is 1.42 bits per heavy atom. The van der Waals surface area contributed by atoms with E-state index in [9.17, 15) is 9.18 Å². The lowest BCUT2D eigenvalue weighted by Crippen LogP contribution is -2.37. The summed E-state index contributed by atoms with van der Waals surface area (Å²) in [5.74, 6) is -0.311. The fraction of sp³-hybridized carbons (Fsp3) is 0.500. The maximum atomic E-state index is 13.4. The van der Waals surface area contributed by atoms with Crippen LogP contribution in [-0.2, 0) is 0 Å². The second kappa shape index (κ2) is 4.49. The molecule has 1 unspecified atom stereocenters. The summed E-state index contributed by atoms with van der Waals surface area (Å²) in [5.41, 5.74) is 1.20. The first-order valence-corrected chi connectivity index (χ1v) is 6.73. The third-order valence-electron chi connectivity index (χ3n) is 3.90. The summed E-state index contributed by atoms with van der Waals surface area (Å²) in [7, 11) is 0. The van der Waals surface area contributed by atoms with Gasteiger partial charge in [0, 0.05) is 12.6 Å². The maximum Gasteiger partial charge on any atom is 0.327 e. The average molecular weight is 263 g/mol. The van der Waals surface area contributed by atoms with Crippen LogP contribution in [0.25, 0.3) is 11.0 Å². The van der Waals surface area contributed by atoms with Crippen LogP contribution in [-0.4, -0.2) is 27.0 Å². The van der Waals surface area contributed by atoms with E-state index in [4.69, 9.17) is 0 Å². The van der Waals surface area contributed by atoms with Crippen molar-refractivity contribution in [1.82, 2.24) is 14.5 Å². The van der Waals surface area contributed by atoms with Gasteiger partial charge in [-0.15, -0.1) is 0 Å². The summed E-state index contributed by atoms with van der Waals surface area (Å²) >= 11 is 0. The van der Waals surface area contributed by atoms with Gasteiger partial charge in [0.15, 0.2) is 0 Å². The van der Waals surface area contributed by atoms with Gasteiger partial charge in [-0.05, 0) is 44.9 Å². The minimum absolute atomic E-state index is 0.0306. The van der Waals surface area contributed by atoms with Gasteiger partial charge in [0.1, 0.15) is 5.82 Å². The number of nitrogens with zero attached hydrogens (tertiary/aromatic N) is 2. The van der Waals surface area contributed by atoms with Crippen LogP contribution in [0.4, 0.5) is 4.39 Å². The standard InChI is InChI=1S/C14H18FN3O/c1-9(2)17-7-3-4-13(17)18-12-8-10(15)5-6-11(12)16-14(18)19/h5-6,8-9,13H,3-4,7H2,1-2H3,(H,16,19). The molecule has 0 saturated carbocycles. The molecule has 1 atom stereocenters. The minimum Gasteiger partial charge on any atom is -0.305 e. The van der Waals surface area contributed by atoms with Crippen LogP contribution in [0.1, 0.15) is 32.9 Å². The first kappa shape index (κ1) is 12.4. The van der Waals surface area contributed by atoms with Gasteiger partial charge in [-0.3, -0.25) is 9.47 Å². The Bertz CT molecular complexity index is 658. The van der Waals surface area contributed by atoms with Crippen molar-refractivity contribution < 1.29 is 4.39 Å². The molecule has 1 fully saturated rings. The highest BCUT2D eigenvalue weighted by Crippen LogP contribution is 2.30. The predicted molar refractivity (Wildman–Crippen MR) is 72.6 cm³/mol. The van der Waals surface area contributed by atoms with Gasteiger partial charge in [0.25, 0.3) is 0 Å². The molecule has 102 valence electrons. The Morgan fingerprint density at radius 3 is 2.95 bits per heavy atom. The molecule has 1 saturated heterocycles. The predicted octanol–water partition coefficient (Wildman–Crippen LogP) is 2.47. The molecule has 1 N–H and O–H groups in total. The Balaban J connectivity index is 2.16. The third-order valence-corrected chi connectivity index (χ3v) is 3.90. The zero-order chi connectivity index (χ0) is 13.6. The molecule has 2 aromatic rings. The van der Waals surface area contributed by atoms with E-state index in [1.54, 1.807) is 10.6 Å². The number of nitrogens with one attached hydrogen (secondary N) is 1. The van der Waals surface area contributed by atoms with Crippen LogP contribution in [0.2, 0.25) is 0 Å². The van der Waals surface area contributed by atoms with E-state index in [-0.39, 0.29) is 17.7 Å². The number of halogens is 1. The summed E-state index contributed by atoms with van der Waals surface area (Å²) in [6.45, 7) is 5.23. The molecular formula is C14H18FN3O. The number of benzene rings is 1. The normalized spacial score (nSPS) is 20.7. The van der Waals surface area contributed by atoms with Crippen LogP contribution >= 0.6 is 0 Å². The van der Waals surface area contributed by atoms with Crippen LogP contribution < -0.4 is 5.69 Å². The van der Waals surface area contributed by atoms with Gasteiger partial charge in [0.05, 0.1) is 17.2 Å². The van der Waals surface area contributed by atoms with Gasteiger partial charge in [-0.1, -0.05) is 0 Å². The summed E-state index contributed by atoms with van der Waals surface area (Å²) in [6, 6.07) is 4.80. The molecule has 1 aliphatic rings. The maximum absolute atomic E-state index is 13.4. The number of aromatic amines is 1. The number of aromatic nitrogens is 2. The summed E-state index contributed by atoms with van der Waals surface area (Å²) in [6.07, 6.45) is 2.03. The van der Waals surface area contributed by atoms with Crippen molar-refractivity contribution in [2.45, 2.75) is 38.9 Å². The van der Waals surface area contributed by atoms with Gasteiger partial charge in [-0.25, -0.2) is 9.18 Å². The van der Waals surface area contributed by atoms with Crippen LogP contribution in [0.3, 0.4) is 0 Å². The highest BCUT2D eigenvalue weighted by atomic mass is 19.1. The molecule has 19 heavy (non-hydrogen) atoms. The molecule has 5 heteroatoms. The van der Waals surface area contributed by atoms with Gasteiger partial charge in [0.2, 0.25) is 0 Å². The van der Waals surface area contributed by atoms with E-state index >= 15 is 0 Å². The molecule has 1 aromatic heterocycles. The van der Waals surface area contributed by atoms with Crippen molar-refractivity contribution in [3.63, 3.8) is 0 Å². The molecule has 0 aliphatic carbocycles. The monoisotopic (exact) mass is 263 g/mol. The number of likely N-dealkylation sites (tertiary alicyclic amines) is 1. The van der Waals surface area contributed by atoms with E-state index in [1.807, 2.05) is 0 Å². The lowest BCUT2D eigenvalue weighted by atomic mass is 10.2. The van der Waals surface area contributed by atoms with E-state index in [0.717, 1.165) is 19.4 Å². The molecule has 1 aromatic carbocycles. The van der Waals surface area contributed by atoms with E-state index in [0.29, 0.717) is 17.1 Å². The molecule has 3 rings (SSSR count). The van der Waals surface area contributed by atoms with Gasteiger partial charge >= 0.3 is 5.69 Å². The molecule has 1 aliphatic heterocycles. The molecule has 2 heterocycles. The zero-order valence-electron chi connectivity index (χ0n) is 11.2. The molecule has 0 spiro atoms. The molecule has 0 radical (unpaired) electrons. The van der Waals surface area contributed by atoms with Crippen molar-refractivity contribution in [2.24, 2.45) is 0 Å². The number of hydrogen-bond acceptors (Lipinski definition) is 2. The number of fused-ring (bicyclic) bond motifs is 1. The second-order valence-electron chi connectivity index (χ2n) is 5.42. The summed E-state index contributed by atoms with van der Waals surface area (Å²) in [4.78, 5) is 17.3. The Morgan fingerprint density at radius 2 is 2.21 bits per heavy atom. The third kappa shape index (κ3) is 1.98. The molecular weight excluding hydrogens is 245 g/mol. The highest BCUT2D eigenvalue weighted by molar-refractivity contribution is 5.75. The van der Waals surface area contributed by atoms with E-state index < -0.39 is 0 Å². The minimum atomic E-state index is -0.311. The van der Waals surface area contributed by atoms with Crippen molar-refractivity contribution in [3.05, 3.63) is 34.5 Å². The van der Waals surface area contributed by atoms with Crippen molar-refractivity contribution in [1.29, 1.82) is 0 Å². The average Bonchev–Trinajstić information content (AvgIpc) is 2.91. The highest BCUT2D eigenvalue weighted by Gasteiger charge is 2.30. The summed E-state index contributed by atoms with van der Waals surface area (Å²) < 4.78 is 15.1. The second-order valence-corrected chi connectivity index (χ2v) is 5.42. The number of H-pyrrole nitrogens is 1. The summed E-state index contributed by atoms with van der Waals surface area (Å²) in [5, 5.41) is 0. The molecule has 4 nitrogen and oxygen atoms in total. The van der Waals surface area contributed by atoms with Crippen LogP contribution in [0.15, 0.2) is 23.0 Å². The zero-order valence-corrected chi connectivity index (χ0v) is 11.2. The fourth-order valence-electron chi connectivity index (χ4n) is 3.04. The number of imidazole rings is 1. The van der Waals surface area contributed by atoms with Crippen LogP contribution in [0.5, 0.6) is 0 Å². The quantitative estimate of drug-likeness (QED) is 0.904. The van der Waals surface area contributed by atoms with Crippen molar-refractivity contribution >= 4 is 11.0 Å². The first-order valence-electron chi connectivity index (χ1n) is 6.73. The number of hydrogen-bond donors (Lipinski definition) is 1. The fourth-order valence-corrected chi connectivity index (χ4v) is 3.04. The Hall–Kier alpha value is -1.62. The lowest BCUT2D eigenvalue weighted by molar-refractivity contribution is 0.152. The molecule has 0 bridgehead atoms. The Labute approximate surface area is 110 Å². The van der Waals surface area contributed by atoms with Crippen molar-refractivity contribution in [2.75, 3.05) is 6.54 Å². The Kier molecular flexibility index (Phi) is 2.93. The van der Waals surface area contributed by atoms with Crippen LogP contribution in [0, 0.1) is 5.82 Å². The number of rotatable bonds is 2. The van der Waals surface area contributed by atoms with E-state index in [1.165, 1.54) is 12.1 Å². The smallest absolute Gasteiger partial charge is 0.305 e. The largest absolute Gasteiger partial charge is 0.327 e. The van der Waals surface area contributed by atoms with E-state index in [2.05, 4.69) is 23.7 Å². The van der Waals surface area contributed by atoms with Gasteiger partial charge in [-0.2, -0.15) is 0 Å². The lowest BCUT2D eigenvalue weighted by Gasteiger charge is -2.28. The van der Waals surface area contributed by atoms with Gasteiger partial charge < -0.3 is 4.98 Å².